The average molecular weight is 194 g/mol. The number of rotatable bonds is 2. The Balaban J connectivity index is -0.000000403. The minimum Gasteiger partial charge on any atom is -1.00 e. The molecule has 0 fully saturated rings. The van der Waals surface area contributed by atoms with Gasteiger partial charge in [-0.15, -0.1) is 0 Å². The normalized spacial score (nSPS) is 11.4. The zero-order valence-corrected chi connectivity index (χ0v) is 8.68. The van der Waals surface area contributed by atoms with E-state index in [4.69, 9.17) is 10.2 Å². The first-order valence-corrected chi connectivity index (χ1v) is 3.17. The second-order valence-electron chi connectivity index (χ2n) is 2.15. The summed E-state index contributed by atoms with van der Waals surface area (Å²) in [6, 6.07) is 8.26. The summed E-state index contributed by atoms with van der Waals surface area (Å²) in [5.41, 5.74) is 0.403. The molecule has 1 aromatic carbocycles. The minimum absolute atomic E-state index is 0. The molecule has 2 N–H and O–H groups in total. The number of carboxylic acid groups (broad SMARTS) is 1. The van der Waals surface area contributed by atoms with Crippen LogP contribution in [0.4, 0.5) is 0 Å². The van der Waals surface area contributed by atoms with Gasteiger partial charge in [0.2, 0.25) is 0 Å². The van der Waals surface area contributed by atoms with E-state index in [-0.39, 0.29) is 40.6 Å². The van der Waals surface area contributed by atoms with Gasteiger partial charge in [-0.3, -0.25) is 0 Å². The van der Waals surface area contributed by atoms with Crippen molar-refractivity contribution in [2.45, 2.75) is 6.10 Å². The number of benzene rings is 1. The molecule has 1 unspecified atom stereocenters. The third kappa shape index (κ3) is 3.11. The van der Waals surface area contributed by atoms with Crippen molar-refractivity contribution in [2.75, 3.05) is 0 Å². The molecule has 1 aromatic rings. The van der Waals surface area contributed by atoms with Crippen LogP contribution in [0, 0.1) is 0 Å². The Kier molecular flexibility index (Phi) is 5.50. The maximum absolute atomic E-state index is 10.2. The van der Waals surface area contributed by atoms with E-state index in [0.29, 0.717) is 5.56 Å². The Hall–Kier alpha value is -0.0903. The topological polar surface area (TPSA) is 57.5 Å². The van der Waals surface area contributed by atoms with Crippen molar-refractivity contribution in [1.29, 1.82) is 0 Å². The second kappa shape index (κ2) is 5.54. The Morgan fingerprint density at radius 2 is 1.83 bits per heavy atom. The number of hydrogen-bond donors (Lipinski definition) is 2. The zero-order valence-electron chi connectivity index (χ0n) is 8.47. The monoisotopic (exact) mass is 194 g/mol. The Bertz CT molecular complexity index is 256. The van der Waals surface area contributed by atoms with Gasteiger partial charge in [0, 0.05) is 0 Å². The molecule has 62 valence electrons. The summed E-state index contributed by atoms with van der Waals surface area (Å²) < 4.78 is 0. The minimum atomic E-state index is -1.41. The summed E-state index contributed by atoms with van der Waals surface area (Å²) >= 11 is 0. The van der Waals surface area contributed by atoms with Crippen LogP contribution in [-0.2, 0) is 4.79 Å². The van der Waals surface area contributed by atoms with Crippen LogP contribution in [0.5, 0.6) is 0 Å². The van der Waals surface area contributed by atoms with Gasteiger partial charge in [0.1, 0.15) is 0 Å². The van der Waals surface area contributed by atoms with Crippen molar-refractivity contribution in [2.24, 2.45) is 0 Å². The summed E-state index contributed by atoms with van der Waals surface area (Å²) in [7, 11) is 0. The molecule has 0 aliphatic carbocycles. The van der Waals surface area contributed by atoms with Gasteiger partial charge in [-0.25, -0.2) is 4.79 Å². The van der Waals surface area contributed by atoms with Crippen LogP contribution in [0.1, 0.15) is 14.5 Å². The molecule has 0 bridgehead atoms. The van der Waals surface area contributed by atoms with Crippen LogP contribution in [0.25, 0.3) is 0 Å². The third-order valence-corrected chi connectivity index (χ3v) is 1.35. The fraction of sp³-hybridized carbons (Fsp3) is 0.125. The molecule has 4 heteroatoms. The quantitative estimate of drug-likeness (QED) is 0.679. The molecule has 0 saturated heterocycles. The molecule has 0 radical (unpaired) electrons. The van der Waals surface area contributed by atoms with Crippen molar-refractivity contribution < 1.29 is 17.9 Å². The molecule has 0 aliphatic heterocycles. The predicted molar refractivity (Wildman–Crippen MR) is 47.0 cm³/mol. The van der Waals surface area contributed by atoms with Crippen LogP contribution < -0.4 is 0 Å². The van der Waals surface area contributed by atoms with Crippen molar-refractivity contribution >= 4 is 43.7 Å². The molecule has 0 amide bonds. The molecule has 0 spiro atoms. The van der Waals surface area contributed by atoms with Gasteiger partial charge in [0.15, 0.2) is 6.10 Å². The van der Waals surface area contributed by atoms with Crippen molar-refractivity contribution in [3.63, 3.8) is 0 Å². The maximum atomic E-state index is 10.2. The molecular formula is C8H10CaO3. The largest absolute Gasteiger partial charge is 2.00 e. The van der Waals surface area contributed by atoms with E-state index >= 15 is 0 Å². The smallest absolute Gasteiger partial charge is 1.00 e. The van der Waals surface area contributed by atoms with Crippen LogP contribution in [0.2, 0.25) is 0 Å². The van der Waals surface area contributed by atoms with Crippen LogP contribution in [-0.4, -0.2) is 53.9 Å². The van der Waals surface area contributed by atoms with Gasteiger partial charge in [-0.1, -0.05) is 30.3 Å². The molecule has 0 heterocycles. The first kappa shape index (κ1) is 11.9. The Morgan fingerprint density at radius 1 is 1.33 bits per heavy atom. The van der Waals surface area contributed by atoms with Gasteiger partial charge >= 0.3 is 43.7 Å². The van der Waals surface area contributed by atoms with Crippen LogP contribution in [0.3, 0.4) is 0 Å². The van der Waals surface area contributed by atoms with Crippen molar-refractivity contribution in [3.05, 3.63) is 35.9 Å². The van der Waals surface area contributed by atoms with Crippen molar-refractivity contribution in [3.8, 4) is 0 Å². The van der Waals surface area contributed by atoms with E-state index in [9.17, 15) is 4.79 Å². The fourth-order valence-electron chi connectivity index (χ4n) is 0.778. The molecule has 1 rings (SSSR count). The zero-order chi connectivity index (χ0) is 8.27. The number of aliphatic hydroxyl groups excluding tert-OH is 1. The van der Waals surface area contributed by atoms with E-state index in [0.717, 1.165) is 0 Å². The first-order chi connectivity index (χ1) is 5.22. The van der Waals surface area contributed by atoms with Gasteiger partial charge < -0.3 is 13.1 Å². The van der Waals surface area contributed by atoms with E-state index in [2.05, 4.69) is 0 Å². The van der Waals surface area contributed by atoms with Crippen LogP contribution >= 0.6 is 0 Å². The molecule has 0 aliphatic rings. The summed E-state index contributed by atoms with van der Waals surface area (Å²) in [6.45, 7) is 0. The number of aliphatic carboxylic acids is 1. The SMILES string of the molecule is O=C(O)C(O)c1ccccc1.[Ca+2].[H-].[H-]. The summed E-state index contributed by atoms with van der Waals surface area (Å²) in [5, 5.41) is 17.4. The average Bonchev–Trinajstić information content (AvgIpc) is 2.05. The van der Waals surface area contributed by atoms with Gasteiger partial charge in [-0.05, 0) is 5.56 Å². The molecule has 3 nitrogen and oxygen atoms in total. The van der Waals surface area contributed by atoms with Crippen LogP contribution in [0.15, 0.2) is 30.3 Å². The number of carboxylic acids is 1. The molecule has 12 heavy (non-hydrogen) atoms. The van der Waals surface area contributed by atoms with Gasteiger partial charge in [0.25, 0.3) is 0 Å². The molecular weight excluding hydrogens is 184 g/mol. The maximum Gasteiger partial charge on any atom is 2.00 e. The summed E-state index contributed by atoms with van der Waals surface area (Å²) in [4.78, 5) is 10.2. The molecule has 0 aromatic heterocycles. The van der Waals surface area contributed by atoms with Crippen molar-refractivity contribution in [1.82, 2.24) is 0 Å². The van der Waals surface area contributed by atoms with E-state index in [1.807, 2.05) is 0 Å². The standard InChI is InChI=1S/C8H8O3.Ca.2H/c9-7(8(10)11)6-4-2-1-3-5-6;;;/h1-5,7,9H,(H,10,11);;;/q;+2;2*-1. The summed E-state index contributed by atoms with van der Waals surface area (Å²) in [6.07, 6.45) is -1.41. The van der Waals surface area contributed by atoms with Gasteiger partial charge in [0.05, 0.1) is 0 Å². The Labute approximate surface area is 103 Å². The molecule has 0 saturated carbocycles. The van der Waals surface area contributed by atoms with Gasteiger partial charge in [-0.2, -0.15) is 0 Å². The number of carbonyl (C=O) groups is 1. The van der Waals surface area contributed by atoms with E-state index in [1.54, 1.807) is 30.3 Å². The van der Waals surface area contributed by atoms with E-state index < -0.39 is 12.1 Å². The second-order valence-corrected chi connectivity index (χ2v) is 2.15. The Morgan fingerprint density at radius 3 is 2.25 bits per heavy atom. The summed E-state index contributed by atoms with van der Waals surface area (Å²) in [5.74, 6) is -1.23. The molecule has 1 atom stereocenters. The number of aliphatic hydroxyl groups is 1. The third-order valence-electron chi connectivity index (χ3n) is 1.35. The fourth-order valence-corrected chi connectivity index (χ4v) is 0.778. The first-order valence-electron chi connectivity index (χ1n) is 3.17. The van der Waals surface area contributed by atoms with E-state index in [1.165, 1.54) is 0 Å². The predicted octanol–water partition coefficient (Wildman–Crippen LogP) is 0.649. The number of hydrogen-bond acceptors (Lipinski definition) is 2.